The molecule has 1 N–H and O–H groups in total. The Kier molecular flexibility index (Phi) is 4.54. The summed E-state index contributed by atoms with van der Waals surface area (Å²) in [4.78, 5) is 13.9. The third-order valence-electron chi connectivity index (χ3n) is 2.85. The number of hydrogen-bond acceptors (Lipinski definition) is 3. The topological polar surface area (TPSA) is 41.6 Å². The lowest BCUT2D eigenvalue weighted by Gasteiger charge is -2.20. The third kappa shape index (κ3) is 2.92. The van der Waals surface area contributed by atoms with Crippen molar-refractivity contribution in [2.45, 2.75) is 39.4 Å². The Balaban J connectivity index is 2.47. The van der Waals surface area contributed by atoms with Crippen molar-refractivity contribution in [1.29, 1.82) is 0 Å². The fourth-order valence-corrected chi connectivity index (χ4v) is 1.95. The molecular formula is C11H22N2O2. The van der Waals surface area contributed by atoms with Crippen LogP contribution in [0.5, 0.6) is 0 Å². The van der Waals surface area contributed by atoms with Crippen LogP contribution in [-0.4, -0.2) is 43.3 Å². The minimum Gasteiger partial charge on any atom is -0.385 e. The number of carbonyl (C=O) groups is 1. The number of nitrogens with zero attached hydrogens (tertiary/aromatic N) is 1. The smallest absolute Gasteiger partial charge is 0.241 e. The second kappa shape index (κ2) is 5.47. The van der Waals surface area contributed by atoms with E-state index in [2.05, 4.69) is 19.2 Å². The SMILES string of the molecule is COCCCN1C(=O)C(C(C)C)NC1C. The highest BCUT2D eigenvalue weighted by Gasteiger charge is 2.37. The average molecular weight is 214 g/mol. The number of nitrogens with one attached hydrogen (secondary N) is 1. The monoisotopic (exact) mass is 214 g/mol. The summed E-state index contributed by atoms with van der Waals surface area (Å²) in [7, 11) is 1.68. The summed E-state index contributed by atoms with van der Waals surface area (Å²) in [5, 5.41) is 3.32. The molecule has 1 aliphatic rings. The van der Waals surface area contributed by atoms with Gasteiger partial charge in [-0.15, -0.1) is 0 Å². The van der Waals surface area contributed by atoms with Crippen LogP contribution in [0.4, 0.5) is 0 Å². The van der Waals surface area contributed by atoms with E-state index in [0.717, 1.165) is 13.0 Å². The molecule has 1 fully saturated rings. The second-order valence-electron chi connectivity index (χ2n) is 4.44. The molecule has 1 saturated heterocycles. The maximum absolute atomic E-state index is 12.0. The third-order valence-corrected chi connectivity index (χ3v) is 2.85. The van der Waals surface area contributed by atoms with Gasteiger partial charge in [0.15, 0.2) is 0 Å². The van der Waals surface area contributed by atoms with Crippen molar-refractivity contribution >= 4 is 5.91 Å². The molecule has 1 aliphatic heterocycles. The molecule has 2 unspecified atom stereocenters. The number of hydrogen-bond donors (Lipinski definition) is 1. The van der Waals surface area contributed by atoms with Crippen molar-refractivity contribution in [2.24, 2.45) is 5.92 Å². The van der Waals surface area contributed by atoms with Crippen molar-refractivity contribution in [2.75, 3.05) is 20.3 Å². The van der Waals surface area contributed by atoms with Crippen LogP contribution in [-0.2, 0) is 9.53 Å². The first-order valence-corrected chi connectivity index (χ1v) is 5.63. The van der Waals surface area contributed by atoms with Gasteiger partial charge in [-0.2, -0.15) is 0 Å². The van der Waals surface area contributed by atoms with Gasteiger partial charge in [-0.05, 0) is 19.3 Å². The van der Waals surface area contributed by atoms with Crippen LogP contribution >= 0.6 is 0 Å². The Morgan fingerprint density at radius 2 is 2.20 bits per heavy atom. The van der Waals surface area contributed by atoms with Crippen LogP contribution < -0.4 is 5.32 Å². The van der Waals surface area contributed by atoms with Crippen molar-refractivity contribution in [3.8, 4) is 0 Å². The molecular weight excluding hydrogens is 192 g/mol. The molecule has 15 heavy (non-hydrogen) atoms. The molecule has 1 amide bonds. The molecule has 0 aromatic rings. The van der Waals surface area contributed by atoms with Crippen molar-refractivity contribution in [3.63, 3.8) is 0 Å². The van der Waals surface area contributed by atoms with E-state index in [-0.39, 0.29) is 18.1 Å². The van der Waals surface area contributed by atoms with Crippen LogP contribution in [0.3, 0.4) is 0 Å². The van der Waals surface area contributed by atoms with E-state index in [1.54, 1.807) is 7.11 Å². The highest BCUT2D eigenvalue weighted by molar-refractivity contribution is 5.84. The van der Waals surface area contributed by atoms with E-state index < -0.39 is 0 Å². The highest BCUT2D eigenvalue weighted by atomic mass is 16.5. The van der Waals surface area contributed by atoms with Gasteiger partial charge in [-0.1, -0.05) is 13.8 Å². The average Bonchev–Trinajstić information content (AvgIpc) is 2.45. The Bertz CT molecular complexity index is 219. The number of ether oxygens (including phenoxy) is 1. The van der Waals surface area contributed by atoms with Gasteiger partial charge < -0.3 is 9.64 Å². The van der Waals surface area contributed by atoms with Gasteiger partial charge in [-0.3, -0.25) is 10.1 Å². The maximum atomic E-state index is 12.0. The number of amides is 1. The summed E-state index contributed by atoms with van der Waals surface area (Å²) >= 11 is 0. The number of methoxy groups -OCH3 is 1. The van der Waals surface area contributed by atoms with Gasteiger partial charge >= 0.3 is 0 Å². The summed E-state index contributed by atoms with van der Waals surface area (Å²) in [5.41, 5.74) is 0. The molecule has 0 saturated carbocycles. The lowest BCUT2D eigenvalue weighted by atomic mass is 10.1. The predicted octanol–water partition coefficient (Wildman–Crippen LogP) is 0.825. The van der Waals surface area contributed by atoms with Crippen LogP contribution in [0.1, 0.15) is 27.2 Å². The van der Waals surface area contributed by atoms with Gasteiger partial charge in [0.25, 0.3) is 0 Å². The summed E-state index contributed by atoms with van der Waals surface area (Å²) in [6.07, 6.45) is 1.06. The molecule has 2 atom stereocenters. The summed E-state index contributed by atoms with van der Waals surface area (Å²) in [5.74, 6) is 0.584. The molecule has 4 nitrogen and oxygen atoms in total. The predicted molar refractivity (Wildman–Crippen MR) is 59.4 cm³/mol. The molecule has 0 radical (unpaired) electrons. The molecule has 1 rings (SSSR count). The largest absolute Gasteiger partial charge is 0.385 e. The molecule has 1 heterocycles. The Morgan fingerprint density at radius 1 is 1.53 bits per heavy atom. The molecule has 0 aromatic carbocycles. The van der Waals surface area contributed by atoms with E-state index in [1.165, 1.54) is 0 Å². The molecule has 0 aromatic heterocycles. The van der Waals surface area contributed by atoms with Gasteiger partial charge in [0, 0.05) is 20.3 Å². The molecule has 88 valence electrons. The Hall–Kier alpha value is -0.610. The van der Waals surface area contributed by atoms with Crippen molar-refractivity contribution in [3.05, 3.63) is 0 Å². The maximum Gasteiger partial charge on any atom is 0.241 e. The van der Waals surface area contributed by atoms with Gasteiger partial charge in [0.05, 0.1) is 12.2 Å². The van der Waals surface area contributed by atoms with Crippen LogP contribution in [0, 0.1) is 5.92 Å². The molecule has 4 heteroatoms. The van der Waals surface area contributed by atoms with Gasteiger partial charge in [0.1, 0.15) is 0 Å². The highest BCUT2D eigenvalue weighted by Crippen LogP contribution is 2.16. The minimum absolute atomic E-state index is 0.0115. The molecule has 0 aliphatic carbocycles. The first kappa shape index (κ1) is 12.5. The van der Waals surface area contributed by atoms with E-state index >= 15 is 0 Å². The van der Waals surface area contributed by atoms with Gasteiger partial charge in [0.2, 0.25) is 5.91 Å². The first-order valence-electron chi connectivity index (χ1n) is 5.63. The summed E-state index contributed by atoms with van der Waals surface area (Å²) < 4.78 is 4.99. The van der Waals surface area contributed by atoms with E-state index in [0.29, 0.717) is 12.5 Å². The van der Waals surface area contributed by atoms with E-state index in [4.69, 9.17) is 4.74 Å². The zero-order valence-corrected chi connectivity index (χ0v) is 10.1. The first-order chi connectivity index (χ1) is 7.07. The second-order valence-corrected chi connectivity index (χ2v) is 4.44. The Morgan fingerprint density at radius 3 is 2.67 bits per heavy atom. The van der Waals surface area contributed by atoms with Crippen LogP contribution in [0.2, 0.25) is 0 Å². The lowest BCUT2D eigenvalue weighted by molar-refractivity contribution is -0.130. The zero-order chi connectivity index (χ0) is 11.4. The Labute approximate surface area is 92.0 Å². The van der Waals surface area contributed by atoms with Crippen LogP contribution in [0.15, 0.2) is 0 Å². The molecule has 0 spiro atoms. The van der Waals surface area contributed by atoms with Crippen molar-refractivity contribution in [1.82, 2.24) is 10.2 Å². The minimum atomic E-state index is -0.0115. The summed E-state index contributed by atoms with van der Waals surface area (Å²) in [6.45, 7) is 7.67. The van der Waals surface area contributed by atoms with Crippen LogP contribution in [0.25, 0.3) is 0 Å². The fraction of sp³-hybridized carbons (Fsp3) is 0.909. The van der Waals surface area contributed by atoms with Crippen molar-refractivity contribution < 1.29 is 9.53 Å². The fourth-order valence-electron chi connectivity index (χ4n) is 1.95. The molecule has 0 bridgehead atoms. The quantitative estimate of drug-likeness (QED) is 0.689. The van der Waals surface area contributed by atoms with Gasteiger partial charge in [-0.25, -0.2) is 0 Å². The summed E-state index contributed by atoms with van der Waals surface area (Å²) in [6, 6.07) is -0.0115. The lowest BCUT2D eigenvalue weighted by Crippen LogP contribution is -2.35. The standard InChI is InChI=1S/C11H22N2O2/c1-8(2)10-11(14)13(9(3)12-10)6-5-7-15-4/h8-10,12H,5-7H2,1-4H3. The zero-order valence-electron chi connectivity index (χ0n) is 10.1. The number of rotatable bonds is 5. The normalized spacial score (nSPS) is 26.7. The number of carbonyl (C=O) groups excluding carboxylic acids is 1. The van der Waals surface area contributed by atoms with E-state index in [1.807, 2.05) is 11.8 Å². The van der Waals surface area contributed by atoms with E-state index in [9.17, 15) is 4.79 Å².